The van der Waals surface area contributed by atoms with Crippen molar-refractivity contribution < 1.29 is 42.9 Å². The summed E-state index contributed by atoms with van der Waals surface area (Å²) in [5.41, 5.74) is 0. The van der Waals surface area contributed by atoms with Crippen LogP contribution < -0.4 is 5.11 Å². The van der Waals surface area contributed by atoms with E-state index in [-0.39, 0.29) is 38.6 Å². The Morgan fingerprint density at radius 3 is 1.05 bits per heavy atom. The second-order valence-corrected chi connectivity index (χ2v) is 23.7. The number of quaternary nitrogens is 1. The normalized spacial score (nSPS) is 13.2. The third kappa shape index (κ3) is 63.9. The van der Waals surface area contributed by atoms with Crippen LogP contribution >= 0.6 is 0 Å². The molecule has 9 nitrogen and oxygen atoms in total. The van der Waals surface area contributed by atoms with E-state index in [1.165, 1.54) is 193 Å². The van der Waals surface area contributed by atoms with Crippen LogP contribution in [0, 0.1) is 0 Å². The minimum atomic E-state index is -1.63. The number of hydrogen-bond acceptors (Lipinski definition) is 8. The number of aliphatic carboxylic acids is 1. The van der Waals surface area contributed by atoms with E-state index in [0.717, 1.165) is 70.6 Å². The smallest absolute Gasteiger partial charge is 0.306 e. The summed E-state index contributed by atoms with van der Waals surface area (Å²) < 4.78 is 22.8. The lowest BCUT2D eigenvalue weighted by molar-refractivity contribution is -0.870. The zero-order valence-corrected chi connectivity index (χ0v) is 53.4. The number of carboxylic acid groups (broad SMARTS) is 1. The molecule has 9 heteroatoms. The van der Waals surface area contributed by atoms with Crippen LogP contribution in [0.4, 0.5) is 0 Å². The SMILES string of the molecule is CC/C=C\C/C=C\C/C=C\C/C=C\CCCCCCCCCCCCCCCCCCCCC(=O)OC(COC(=O)CCCCCCCCCCCC/C=C\C/C=C\C/C=C\CCCCCCC)COC(OCC[N+](C)(C)C)C(=O)[O-]. The highest BCUT2D eigenvalue weighted by Crippen LogP contribution is 2.17. The van der Waals surface area contributed by atoms with Crippen molar-refractivity contribution in [1.29, 1.82) is 0 Å². The molecule has 0 aromatic heterocycles. The molecule has 0 fully saturated rings. The number of nitrogens with zero attached hydrogens (tertiary/aromatic N) is 1. The first-order chi connectivity index (χ1) is 39.6. The van der Waals surface area contributed by atoms with Gasteiger partial charge in [0.15, 0.2) is 12.4 Å². The van der Waals surface area contributed by atoms with E-state index < -0.39 is 24.3 Å². The largest absolute Gasteiger partial charge is 0.545 e. The van der Waals surface area contributed by atoms with E-state index in [0.29, 0.717) is 17.4 Å². The van der Waals surface area contributed by atoms with Crippen LogP contribution in [0.1, 0.15) is 296 Å². The number of carbonyl (C=O) groups is 3. The van der Waals surface area contributed by atoms with Crippen LogP contribution in [0.15, 0.2) is 85.1 Å². The first kappa shape index (κ1) is 77.5. The molecule has 0 saturated carbocycles. The van der Waals surface area contributed by atoms with Crippen molar-refractivity contribution in [3.8, 4) is 0 Å². The second-order valence-electron chi connectivity index (χ2n) is 23.7. The molecule has 0 saturated heterocycles. The summed E-state index contributed by atoms with van der Waals surface area (Å²) in [6.07, 6.45) is 80.8. The minimum Gasteiger partial charge on any atom is -0.545 e. The lowest BCUT2D eigenvalue weighted by Crippen LogP contribution is -2.44. The Labute approximate surface area is 500 Å². The molecule has 0 aliphatic carbocycles. The Kier molecular flexibility index (Phi) is 59.8. The number of hydrogen-bond donors (Lipinski definition) is 0. The van der Waals surface area contributed by atoms with Gasteiger partial charge in [-0.25, -0.2) is 0 Å². The van der Waals surface area contributed by atoms with Gasteiger partial charge in [-0.05, 0) is 89.9 Å². The van der Waals surface area contributed by atoms with Crippen molar-refractivity contribution in [3.05, 3.63) is 85.1 Å². The van der Waals surface area contributed by atoms with Crippen LogP contribution in [-0.2, 0) is 33.3 Å². The molecule has 2 unspecified atom stereocenters. The average molecular weight is 1130 g/mol. The van der Waals surface area contributed by atoms with Gasteiger partial charge in [0.1, 0.15) is 13.2 Å². The highest BCUT2D eigenvalue weighted by Gasteiger charge is 2.22. The second kappa shape index (κ2) is 62.5. The van der Waals surface area contributed by atoms with Crippen LogP contribution in [-0.4, -0.2) is 82.3 Å². The first-order valence-electron chi connectivity index (χ1n) is 33.7. The Hall–Kier alpha value is -3.53. The maximum absolute atomic E-state index is 12.9. The van der Waals surface area contributed by atoms with Crippen LogP contribution in [0.5, 0.6) is 0 Å². The first-order valence-corrected chi connectivity index (χ1v) is 33.7. The highest BCUT2D eigenvalue weighted by molar-refractivity contribution is 5.70. The topological polar surface area (TPSA) is 111 Å². The van der Waals surface area contributed by atoms with Crippen LogP contribution in [0.3, 0.4) is 0 Å². The number of carboxylic acids is 1. The highest BCUT2D eigenvalue weighted by atomic mass is 16.7. The van der Waals surface area contributed by atoms with Crippen molar-refractivity contribution in [3.63, 3.8) is 0 Å². The van der Waals surface area contributed by atoms with Gasteiger partial charge in [-0.3, -0.25) is 9.59 Å². The summed E-state index contributed by atoms with van der Waals surface area (Å²) in [6, 6.07) is 0. The van der Waals surface area contributed by atoms with Crippen LogP contribution in [0.25, 0.3) is 0 Å². The van der Waals surface area contributed by atoms with Crippen molar-refractivity contribution in [2.45, 2.75) is 309 Å². The Morgan fingerprint density at radius 1 is 0.383 bits per heavy atom. The maximum atomic E-state index is 12.9. The molecule has 468 valence electrons. The van der Waals surface area contributed by atoms with Gasteiger partial charge in [-0.15, -0.1) is 0 Å². The van der Waals surface area contributed by atoms with E-state index in [2.05, 4.69) is 98.9 Å². The average Bonchev–Trinajstić information content (AvgIpc) is 3.44. The summed E-state index contributed by atoms with van der Waals surface area (Å²) in [6.45, 7) is 4.65. The monoisotopic (exact) mass is 1130 g/mol. The van der Waals surface area contributed by atoms with Crippen molar-refractivity contribution >= 4 is 17.9 Å². The molecule has 0 aliphatic heterocycles. The van der Waals surface area contributed by atoms with Crippen molar-refractivity contribution in [2.75, 3.05) is 47.5 Å². The molecule has 2 atom stereocenters. The van der Waals surface area contributed by atoms with Gasteiger partial charge in [-0.1, -0.05) is 279 Å². The zero-order chi connectivity index (χ0) is 59.1. The van der Waals surface area contributed by atoms with Crippen LogP contribution in [0.2, 0.25) is 0 Å². The molecule has 0 heterocycles. The molecular formula is C72H127NO8. The summed E-state index contributed by atoms with van der Waals surface area (Å²) in [7, 11) is 5.93. The lowest BCUT2D eigenvalue weighted by atomic mass is 10.0. The minimum absolute atomic E-state index is 0.145. The van der Waals surface area contributed by atoms with E-state index in [4.69, 9.17) is 18.9 Å². The van der Waals surface area contributed by atoms with Gasteiger partial charge in [0.25, 0.3) is 0 Å². The molecule has 0 N–H and O–H groups in total. The van der Waals surface area contributed by atoms with Crippen molar-refractivity contribution in [2.24, 2.45) is 0 Å². The van der Waals surface area contributed by atoms with E-state index >= 15 is 0 Å². The van der Waals surface area contributed by atoms with Crippen molar-refractivity contribution in [1.82, 2.24) is 0 Å². The van der Waals surface area contributed by atoms with E-state index in [9.17, 15) is 19.5 Å². The molecule has 0 rings (SSSR count). The Morgan fingerprint density at radius 2 is 0.704 bits per heavy atom. The molecular weight excluding hydrogens is 1010 g/mol. The number of allylic oxidation sites excluding steroid dienone is 14. The maximum Gasteiger partial charge on any atom is 0.306 e. The standard InChI is InChI=1S/C72H127NO8/c1-6-8-10-12-14-16-18-20-22-24-26-28-30-32-33-34-35-36-37-39-41-43-45-47-49-51-53-55-57-59-61-63-70(75)81-68(67-80-72(71(76)77)78-65-64-73(3,4)5)66-79-69(74)62-60-58-56-54-52-50-48-46-44-42-40-38-31-29-27-25-23-21-19-17-15-13-11-9-7-2/h8,10,14,16,19-22,25-28,31,38,68,72H,6-7,9,11-13,15,17-18,23-24,29-30,32-37,39-67H2,1-5H3/b10-8-,16-14-,21-19-,22-20-,27-25-,28-26-,38-31-. The summed E-state index contributed by atoms with van der Waals surface area (Å²) in [5, 5.41) is 11.8. The molecule has 0 aliphatic rings. The molecule has 0 amide bonds. The number of likely N-dealkylation sites (N-methyl/N-ethyl adjacent to an activating group) is 1. The van der Waals surface area contributed by atoms with Gasteiger partial charge < -0.3 is 33.3 Å². The molecule has 0 spiro atoms. The Balaban J connectivity index is 4.13. The van der Waals surface area contributed by atoms with Gasteiger partial charge in [0, 0.05) is 12.8 Å². The number of carbonyl (C=O) groups excluding carboxylic acids is 3. The van der Waals surface area contributed by atoms with Gasteiger partial charge in [0.05, 0.1) is 40.3 Å². The molecule has 0 bridgehead atoms. The molecule has 81 heavy (non-hydrogen) atoms. The predicted molar refractivity (Wildman–Crippen MR) is 343 cm³/mol. The molecule has 0 aromatic carbocycles. The zero-order valence-electron chi connectivity index (χ0n) is 53.4. The van der Waals surface area contributed by atoms with Gasteiger partial charge in [-0.2, -0.15) is 0 Å². The summed E-state index contributed by atoms with van der Waals surface area (Å²) in [4.78, 5) is 37.5. The molecule has 0 radical (unpaired) electrons. The molecule has 0 aromatic rings. The number of unbranched alkanes of at least 4 members (excludes halogenated alkanes) is 33. The quantitative estimate of drug-likeness (QED) is 0.0195. The van der Waals surface area contributed by atoms with E-state index in [1.54, 1.807) is 0 Å². The van der Waals surface area contributed by atoms with Gasteiger partial charge in [0.2, 0.25) is 0 Å². The lowest BCUT2D eigenvalue weighted by Gasteiger charge is -2.26. The fourth-order valence-electron chi connectivity index (χ4n) is 9.48. The third-order valence-corrected chi connectivity index (χ3v) is 14.6. The fraction of sp³-hybridized carbons (Fsp3) is 0.764. The number of rotatable bonds is 62. The van der Waals surface area contributed by atoms with Gasteiger partial charge >= 0.3 is 11.9 Å². The number of esters is 2. The summed E-state index contributed by atoms with van der Waals surface area (Å²) >= 11 is 0. The number of ether oxygens (including phenoxy) is 4. The fourth-order valence-corrected chi connectivity index (χ4v) is 9.48. The van der Waals surface area contributed by atoms with E-state index in [1.807, 2.05) is 21.1 Å². The Bertz CT molecular complexity index is 1600. The summed E-state index contributed by atoms with van der Waals surface area (Å²) in [5.74, 6) is -2.28. The predicted octanol–water partition coefficient (Wildman–Crippen LogP) is 19.4. The third-order valence-electron chi connectivity index (χ3n) is 14.6.